The van der Waals surface area contributed by atoms with E-state index >= 15 is 0 Å². The summed E-state index contributed by atoms with van der Waals surface area (Å²) in [6.07, 6.45) is 40.3. The lowest BCUT2D eigenvalue weighted by atomic mass is 9.70. The second kappa shape index (κ2) is 19.0. The first-order chi connectivity index (χ1) is 31.0. The summed E-state index contributed by atoms with van der Waals surface area (Å²) in [5, 5.41) is 4.83. The molecule has 0 N–H and O–H groups in total. The van der Waals surface area contributed by atoms with Crippen LogP contribution in [0.25, 0.3) is 51.4 Å². The molecule has 2 heteroatoms. The van der Waals surface area contributed by atoms with Crippen LogP contribution in [0, 0.1) is 17.8 Å². The lowest BCUT2D eigenvalue weighted by Crippen LogP contribution is -2.30. The molecule has 0 fully saturated rings. The van der Waals surface area contributed by atoms with Gasteiger partial charge in [-0.2, -0.15) is 0 Å². The molecule has 63 heavy (non-hydrogen) atoms. The first-order valence-electron chi connectivity index (χ1n) is 22.0. The van der Waals surface area contributed by atoms with E-state index in [1.165, 1.54) is 37.9 Å². The normalized spacial score (nSPS) is 19.7. The number of imidazole rings is 1. The fraction of sp³-hybridized carbons (Fsp3) is 0.0984. The number of benzene rings is 5. The monoisotopic (exact) mass is 812 g/mol. The summed E-state index contributed by atoms with van der Waals surface area (Å²) in [7, 11) is 0. The van der Waals surface area contributed by atoms with Crippen LogP contribution in [0.2, 0.25) is 0 Å². The maximum Gasteiger partial charge on any atom is 0.144 e. The van der Waals surface area contributed by atoms with Crippen molar-refractivity contribution in [3.05, 3.63) is 276 Å². The number of rotatable bonds is 11. The Hall–Kier alpha value is -7.55. The highest BCUT2D eigenvalue weighted by molar-refractivity contribution is 5.88. The van der Waals surface area contributed by atoms with Gasteiger partial charge in [0.05, 0.1) is 5.69 Å². The fourth-order valence-corrected chi connectivity index (χ4v) is 8.99. The van der Waals surface area contributed by atoms with Crippen LogP contribution in [-0.2, 0) is 0 Å². The molecule has 0 aliphatic heterocycles. The highest BCUT2D eigenvalue weighted by Crippen LogP contribution is 2.42. The van der Waals surface area contributed by atoms with Crippen molar-refractivity contribution in [2.75, 3.05) is 0 Å². The zero-order chi connectivity index (χ0) is 43.0. The van der Waals surface area contributed by atoms with Crippen molar-refractivity contribution in [3.8, 4) is 5.69 Å². The maximum absolute atomic E-state index is 5.06. The number of fused-ring (bicyclic) bond motifs is 3. The third-order valence-corrected chi connectivity index (χ3v) is 12.3. The minimum absolute atomic E-state index is 0.239. The van der Waals surface area contributed by atoms with Gasteiger partial charge in [0.2, 0.25) is 0 Å². The molecule has 5 aromatic carbocycles. The number of aromatic nitrogens is 2. The van der Waals surface area contributed by atoms with Gasteiger partial charge in [-0.3, -0.25) is 4.57 Å². The van der Waals surface area contributed by atoms with Crippen molar-refractivity contribution in [1.29, 1.82) is 0 Å². The molecule has 1 heterocycles. The van der Waals surface area contributed by atoms with Crippen LogP contribution in [0.15, 0.2) is 237 Å². The van der Waals surface area contributed by atoms with E-state index in [2.05, 4.69) is 219 Å². The highest BCUT2D eigenvalue weighted by atomic mass is 15.1. The molecule has 3 aliphatic rings. The van der Waals surface area contributed by atoms with Gasteiger partial charge in [0.25, 0.3) is 0 Å². The average Bonchev–Trinajstić information content (AvgIpc) is 3.76. The number of nitrogens with zero attached hydrogens (tertiary/aromatic N) is 2. The Labute approximate surface area is 372 Å². The average molecular weight is 813 g/mol. The van der Waals surface area contributed by atoms with Gasteiger partial charge in [-0.1, -0.05) is 214 Å². The predicted molar refractivity (Wildman–Crippen MR) is 270 cm³/mol. The molecule has 0 saturated heterocycles. The molecule has 9 rings (SSSR count). The Morgan fingerprint density at radius 2 is 1.49 bits per heavy atom. The van der Waals surface area contributed by atoms with E-state index in [1.807, 2.05) is 24.3 Å². The molecular formula is C61H52N2. The summed E-state index contributed by atoms with van der Waals surface area (Å²) in [4.78, 5) is 5.06. The Morgan fingerprint density at radius 1 is 0.714 bits per heavy atom. The van der Waals surface area contributed by atoms with Crippen molar-refractivity contribution in [2.45, 2.75) is 19.3 Å². The molecule has 0 bridgehead atoms. The Kier molecular flexibility index (Phi) is 12.3. The first kappa shape index (κ1) is 40.8. The van der Waals surface area contributed by atoms with Gasteiger partial charge in [-0.15, -0.1) is 0 Å². The van der Waals surface area contributed by atoms with Crippen molar-refractivity contribution < 1.29 is 0 Å². The summed E-state index contributed by atoms with van der Waals surface area (Å²) in [6.45, 7) is 13.0. The predicted octanol–water partition coefficient (Wildman–Crippen LogP) is 13.8. The maximum atomic E-state index is 5.06. The van der Waals surface area contributed by atoms with Gasteiger partial charge >= 0.3 is 0 Å². The molecule has 3 aliphatic carbocycles. The molecular weight excluding hydrogens is 761 g/mol. The lowest BCUT2D eigenvalue weighted by Gasteiger charge is -2.35. The minimum atomic E-state index is 0.239. The smallest absolute Gasteiger partial charge is 0.144 e. The van der Waals surface area contributed by atoms with Crippen molar-refractivity contribution >= 4 is 45.7 Å². The van der Waals surface area contributed by atoms with E-state index in [9.17, 15) is 0 Å². The summed E-state index contributed by atoms with van der Waals surface area (Å²) in [5.74, 6) is 1.75. The van der Waals surface area contributed by atoms with Crippen LogP contribution in [0.3, 0.4) is 0 Å². The SMILES string of the molecule is C=C/C=C\c1cn(-c2ccccc2)c(C2=CC3C=CC(=C)C(C/C=C/c4ccc5c(c4)=C(c4ccc6ccccc6c4)/C=C/CC/C=C/C=5C(=C)/C=C\c4ccccc4)C3C=C2)n1. The van der Waals surface area contributed by atoms with Crippen molar-refractivity contribution in [2.24, 2.45) is 17.8 Å². The zero-order valence-electron chi connectivity index (χ0n) is 35.7. The molecule has 306 valence electrons. The molecule has 0 spiro atoms. The van der Waals surface area contributed by atoms with Crippen LogP contribution in [0.5, 0.6) is 0 Å². The molecule has 6 aromatic rings. The van der Waals surface area contributed by atoms with Gasteiger partial charge < -0.3 is 0 Å². The standard InChI is InChI=1S/C61H52N2/c1-4-5-24-53-43-63(54-25-12-9-13-26-54)61(62-53)52-37-39-58-50(42-52)34-31-45(3)55(58)29-18-21-47-33-38-59-56(44(2)30-32-46-19-10-8-11-20-46)27-14-6-7-15-28-57(60(59)40-47)51-36-35-48-22-16-17-23-49(48)41-51/h4-5,8-28,30-43,50,55,58H,1-3,6-7,29H2/b21-18+,24-5-,27-14+,28-15+,32-30-,59-56?,60-57?. The minimum Gasteiger partial charge on any atom is -0.299 e. The quantitative estimate of drug-likeness (QED) is 0.119. The zero-order valence-corrected chi connectivity index (χ0v) is 35.7. The van der Waals surface area contributed by atoms with E-state index in [1.54, 1.807) is 6.08 Å². The second-order valence-corrected chi connectivity index (χ2v) is 16.4. The van der Waals surface area contributed by atoms with Crippen LogP contribution in [0.4, 0.5) is 0 Å². The van der Waals surface area contributed by atoms with Gasteiger partial charge in [0.15, 0.2) is 0 Å². The number of para-hydroxylation sites is 1. The van der Waals surface area contributed by atoms with E-state index in [0.29, 0.717) is 5.92 Å². The number of allylic oxidation sites excluding steroid dienone is 16. The fourth-order valence-electron chi connectivity index (χ4n) is 8.99. The second-order valence-electron chi connectivity index (χ2n) is 16.4. The third kappa shape index (κ3) is 9.22. The number of hydrogen-bond donors (Lipinski definition) is 0. The van der Waals surface area contributed by atoms with Gasteiger partial charge in [-0.05, 0) is 116 Å². The van der Waals surface area contributed by atoms with Crippen LogP contribution < -0.4 is 10.4 Å². The van der Waals surface area contributed by atoms with Crippen molar-refractivity contribution in [3.63, 3.8) is 0 Å². The van der Waals surface area contributed by atoms with Gasteiger partial charge in [0.1, 0.15) is 5.82 Å². The molecule has 0 radical (unpaired) electrons. The summed E-state index contributed by atoms with van der Waals surface area (Å²) >= 11 is 0. The molecule has 0 saturated carbocycles. The summed E-state index contributed by atoms with van der Waals surface area (Å²) < 4.78 is 2.18. The third-order valence-electron chi connectivity index (χ3n) is 12.3. The number of hydrogen-bond acceptors (Lipinski definition) is 1. The molecule has 2 nitrogen and oxygen atoms in total. The first-order valence-corrected chi connectivity index (χ1v) is 22.0. The Morgan fingerprint density at radius 3 is 2.32 bits per heavy atom. The summed E-state index contributed by atoms with van der Waals surface area (Å²) in [5.41, 5.74) is 11.1. The topological polar surface area (TPSA) is 17.8 Å². The van der Waals surface area contributed by atoms with Gasteiger partial charge in [0, 0.05) is 23.4 Å². The van der Waals surface area contributed by atoms with E-state index < -0.39 is 0 Å². The van der Waals surface area contributed by atoms with Crippen LogP contribution in [0.1, 0.15) is 47.5 Å². The van der Waals surface area contributed by atoms with Crippen LogP contribution >= 0.6 is 0 Å². The molecule has 3 atom stereocenters. The molecule has 3 unspecified atom stereocenters. The lowest BCUT2D eigenvalue weighted by molar-refractivity contribution is 0.395. The van der Waals surface area contributed by atoms with E-state index in [-0.39, 0.29) is 11.8 Å². The molecule has 0 amide bonds. The van der Waals surface area contributed by atoms with Gasteiger partial charge in [-0.25, -0.2) is 4.98 Å². The van der Waals surface area contributed by atoms with Crippen molar-refractivity contribution in [1.82, 2.24) is 9.55 Å². The van der Waals surface area contributed by atoms with Crippen LogP contribution in [-0.4, -0.2) is 9.55 Å². The van der Waals surface area contributed by atoms with E-state index in [4.69, 9.17) is 4.98 Å². The highest BCUT2D eigenvalue weighted by Gasteiger charge is 2.31. The summed E-state index contributed by atoms with van der Waals surface area (Å²) in [6, 6.07) is 43.2. The Balaban J connectivity index is 1.06. The largest absolute Gasteiger partial charge is 0.299 e. The Bertz CT molecular complexity index is 3080. The van der Waals surface area contributed by atoms with E-state index in [0.717, 1.165) is 64.3 Å². The molecule has 1 aromatic heterocycles.